The molecule has 2 aromatic carbocycles. The van der Waals surface area contributed by atoms with Crippen LogP contribution >= 0.6 is 11.6 Å². The predicted molar refractivity (Wildman–Crippen MR) is 130 cm³/mol. The standard InChI is InChI=1S/C27H32ClFN2O3/c1-15-16(2)26(34-14-22-13-33-22)9-7-23(15)17(3)31-20-5-6-21(31)12-19(11-20)30-27(32)18-4-8-25(29)24(28)10-18/h4,7-10,17,19-22H,5-6,11-14H2,1-3H3,(H,30,32)/t17?,19?,20?,21?,22-/m0/s1. The molecule has 0 spiro atoms. The average molecular weight is 487 g/mol. The summed E-state index contributed by atoms with van der Waals surface area (Å²) in [5.74, 6) is 0.237. The van der Waals surface area contributed by atoms with E-state index in [4.69, 9.17) is 21.1 Å². The number of piperidine rings is 1. The van der Waals surface area contributed by atoms with E-state index < -0.39 is 5.82 Å². The van der Waals surface area contributed by atoms with Gasteiger partial charge in [0.1, 0.15) is 24.3 Å². The zero-order chi connectivity index (χ0) is 24.0. The van der Waals surface area contributed by atoms with E-state index in [0.717, 1.165) is 38.0 Å². The lowest BCUT2D eigenvalue weighted by molar-refractivity contribution is 0.0689. The Kier molecular flexibility index (Phi) is 6.58. The summed E-state index contributed by atoms with van der Waals surface area (Å²) in [4.78, 5) is 15.4. The van der Waals surface area contributed by atoms with E-state index in [-0.39, 0.29) is 23.1 Å². The number of carbonyl (C=O) groups is 1. The highest BCUT2D eigenvalue weighted by atomic mass is 35.5. The Bertz CT molecular complexity index is 1080. The largest absolute Gasteiger partial charge is 0.491 e. The molecule has 4 atom stereocenters. The van der Waals surface area contributed by atoms with E-state index in [9.17, 15) is 9.18 Å². The van der Waals surface area contributed by atoms with Crippen molar-refractivity contribution >= 4 is 17.5 Å². The molecule has 3 unspecified atom stereocenters. The quantitative estimate of drug-likeness (QED) is 0.535. The Balaban J connectivity index is 1.25. The fraction of sp³-hybridized carbons (Fsp3) is 0.519. The first-order valence-electron chi connectivity index (χ1n) is 12.2. The maximum atomic E-state index is 13.5. The van der Waals surface area contributed by atoms with Crippen molar-refractivity contribution in [2.45, 2.75) is 76.7 Å². The third-order valence-corrected chi connectivity index (χ3v) is 8.10. The molecule has 34 heavy (non-hydrogen) atoms. The molecule has 5 nitrogen and oxygen atoms in total. The van der Waals surface area contributed by atoms with Gasteiger partial charge in [-0.3, -0.25) is 9.69 Å². The van der Waals surface area contributed by atoms with Gasteiger partial charge in [0.25, 0.3) is 5.91 Å². The number of hydrogen-bond acceptors (Lipinski definition) is 4. The van der Waals surface area contributed by atoms with Crippen molar-refractivity contribution in [1.29, 1.82) is 0 Å². The van der Waals surface area contributed by atoms with Crippen molar-refractivity contribution in [3.63, 3.8) is 0 Å². The molecule has 3 aliphatic heterocycles. The molecule has 0 radical (unpaired) electrons. The van der Waals surface area contributed by atoms with Crippen LogP contribution in [0.1, 0.15) is 65.7 Å². The predicted octanol–water partition coefficient (Wildman–Crippen LogP) is 5.36. The highest BCUT2D eigenvalue weighted by molar-refractivity contribution is 6.31. The van der Waals surface area contributed by atoms with E-state index >= 15 is 0 Å². The Morgan fingerprint density at radius 1 is 1.21 bits per heavy atom. The minimum absolute atomic E-state index is 0.0284. The van der Waals surface area contributed by atoms with E-state index in [1.807, 2.05) is 0 Å². The van der Waals surface area contributed by atoms with Crippen molar-refractivity contribution in [3.8, 4) is 5.75 Å². The summed E-state index contributed by atoms with van der Waals surface area (Å²) < 4.78 is 24.7. The van der Waals surface area contributed by atoms with Crippen molar-refractivity contribution in [3.05, 3.63) is 63.4 Å². The van der Waals surface area contributed by atoms with Crippen LogP contribution in [0.4, 0.5) is 4.39 Å². The molecule has 2 aromatic rings. The lowest BCUT2D eigenvalue weighted by atomic mass is 9.91. The minimum Gasteiger partial charge on any atom is -0.491 e. The molecule has 3 heterocycles. The number of amides is 1. The Morgan fingerprint density at radius 3 is 2.56 bits per heavy atom. The van der Waals surface area contributed by atoms with Crippen LogP contribution in [0.3, 0.4) is 0 Å². The second-order valence-corrected chi connectivity index (χ2v) is 10.4. The van der Waals surface area contributed by atoms with E-state index in [0.29, 0.717) is 30.3 Å². The van der Waals surface area contributed by atoms with Gasteiger partial charge in [0, 0.05) is 29.7 Å². The minimum atomic E-state index is -0.513. The Labute approximate surface area is 205 Å². The zero-order valence-electron chi connectivity index (χ0n) is 19.9. The summed E-state index contributed by atoms with van der Waals surface area (Å²) in [6.07, 6.45) is 4.37. The number of ether oxygens (including phenoxy) is 2. The third-order valence-electron chi connectivity index (χ3n) is 7.81. The van der Waals surface area contributed by atoms with Gasteiger partial charge >= 0.3 is 0 Å². The number of nitrogens with zero attached hydrogens (tertiary/aromatic N) is 1. The highest BCUT2D eigenvalue weighted by Crippen LogP contribution is 2.43. The van der Waals surface area contributed by atoms with Gasteiger partial charge in [0.05, 0.1) is 11.6 Å². The van der Waals surface area contributed by atoms with E-state index in [2.05, 4.69) is 43.1 Å². The SMILES string of the molecule is Cc1c(OC[C@@H]2CO2)ccc(C(C)N2C3CCC2CC(NC(=O)c2ccc(F)c(Cl)c2)C3)c1C. The van der Waals surface area contributed by atoms with E-state index in [1.54, 1.807) is 0 Å². The maximum Gasteiger partial charge on any atom is 0.251 e. The first-order chi connectivity index (χ1) is 16.3. The van der Waals surface area contributed by atoms with Crippen LogP contribution in [0, 0.1) is 19.7 Å². The number of nitrogens with one attached hydrogen (secondary N) is 1. The fourth-order valence-electron chi connectivity index (χ4n) is 5.80. The second kappa shape index (κ2) is 9.48. The van der Waals surface area contributed by atoms with Crippen LogP contribution in [0.5, 0.6) is 5.75 Å². The number of carbonyl (C=O) groups excluding carboxylic acids is 1. The molecule has 0 saturated carbocycles. The molecule has 3 saturated heterocycles. The van der Waals surface area contributed by atoms with Crippen LogP contribution in [0.2, 0.25) is 5.02 Å². The smallest absolute Gasteiger partial charge is 0.251 e. The molecule has 7 heteroatoms. The van der Waals surface area contributed by atoms with Crippen molar-refractivity contribution in [2.24, 2.45) is 0 Å². The second-order valence-electron chi connectivity index (χ2n) is 9.95. The van der Waals surface area contributed by atoms with Gasteiger partial charge in [-0.15, -0.1) is 0 Å². The van der Waals surface area contributed by atoms with Gasteiger partial charge in [-0.25, -0.2) is 4.39 Å². The number of hydrogen-bond donors (Lipinski definition) is 1. The molecule has 0 aromatic heterocycles. The van der Waals surface area contributed by atoms with Gasteiger partial charge in [-0.05, 0) is 87.4 Å². The third kappa shape index (κ3) is 4.68. The topological polar surface area (TPSA) is 54.1 Å². The molecule has 0 aliphatic carbocycles. The molecule has 1 N–H and O–H groups in total. The molecule has 1 amide bonds. The molecular weight excluding hydrogens is 455 g/mol. The molecule has 182 valence electrons. The molecule has 3 aliphatic rings. The first-order valence-corrected chi connectivity index (χ1v) is 12.6. The van der Waals surface area contributed by atoms with Gasteiger partial charge in [0.15, 0.2) is 0 Å². The maximum absolute atomic E-state index is 13.5. The van der Waals surface area contributed by atoms with Crippen molar-refractivity contribution in [1.82, 2.24) is 10.2 Å². The zero-order valence-corrected chi connectivity index (χ0v) is 20.7. The summed E-state index contributed by atoms with van der Waals surface area (Å²) in [6.45, 7) is 8.02. The monoisotopic (exact) mass is 486 g/mol. The summed E-state index contributed by atoms with van der Waals surface area (Å²) in [6, 6.07) is 9.70. The van der Waals surface area contributed by atoms with Gasteiger partial charge in [0.2, 0.25) is 0 Å². The summed E-state index contributed by atoms with van der Waals surface area (Å²) in [5, 5.41) is 3.14. The Morgan fingerprint density at radius 2 is 1.91 bits per heavy atom. The summed E-state index contributed by atoms with van der Waals surface area (Å²) in [5.41, 5.74) is 4.21. The molecular formula is C27H32ClFN2O3. The van der Waals surface area contributed by atoms with Crippen LogP contribution in [0.25, 0.3) is 0 Å². The number of benzene rings is 2. The molecule has 3 fully saturated rings. The van der Waals surface area contributed by atoms with Gasteiger partial charge in [-0.1, -0.05) is 17.7 Å². The number of halogens is 2. The lowest BCUT2D eigenvalue weighted by Gasteiger charge is -2.43. The van der Waals surface area contributed by atoms with Gasteiger partial charge < -0.3 is 14.8 Å². The summed E-state index contributed by atoms with van der Waals surface area (Å²) in [7, 11) is 0. The van der Waals surface area contributed by atoms with Crippen molar-refractivity contribution in [2.75, 3.05) is 13.2 Å². The molecule has 2 bridgehead atoms. The van der Waals surface area contributed by atoms with Crippen LogP contribution in [-0.2, 0) is 4.74 Å². The van der Waals surface area contributed by atoms with Gasteiger partial charge in [-0.2, -0.15) is 0 Å². The normalized spacial score (nSPS) is 26.9. The Hall–Kier alpha value is -2.15. The number of epoxide rings is 1. The molecule has 5 rings (SSSR count). The van der Waals surface area contributed by atoms with Crippen LogP contribution in [0.15, 0.2) is 30.3 Å². The van der Waals surface area contributed by atoms with Crippen molar-refractivity contribution < 1.29 is 18.7 Å². The van der Waals surface area contributed by atoms with Crippen LogP contribution in [-0.4, -0.2) is 48.3 Å². The fourth-order valence-corrected chi connectivity index (χ4v) is 5.98. The first kappa shape index (κ1) is 23.6. The number of fused-ring (bicyclic) bond motifs is 2. The summed E-state index contributed by atoms with van der Waals surface area (Å²) >= 11 is 5.86. The van der Waals surface area contributed by atoms with E-state index in [1.165, 1.54) is 34.9 Å². The average Bonchev–Trinajstić information content (AvgIpc) is 3.60. The lowest BCUT2D eigenvalue weighted by Crippen LogP contribution is -2.51. The number of rotatable bonds is 7. The van der Waals surface area contributed by atoms with Crippen LogP contribution < -0.4 is 10.1 Å². The highest BCUT2D eigenvalue weighted by Gasteiger charge is 2.43.